The van der Waals surface area contributed by atoms with Crippen molar-refractivity contribution in [3.63, 3.8) is 0 Å². The summed E-state index contributed by atoms with van der Waals surface area (Å²) >= 11 is 3.40. The van der Waals surface area contributed by atoms with Crippen LogP contribution in [-0.4, -0.2) is 15.7 Å². The second kappa shape index (κ2) is 4.14. The second-order valence-electron chi connectivity index (χ2n) is 4.82. The Hall–Kier alpha value is -1.36. The van der Waals surface area contributed by atoms with E-state index in [2.05, 4.69) is 20.9 Å². The van der Waals surface area contributed by atoms with Gasteiger partial charge in [0.25, 0.3) is 0 Å². The summed E-state index contributed by atoms with van der Waals surface area (Å²) < 4.78 is 2.32. The van der Waals surface area contributed by atoms with Crippen molar-refractivity contribution in [3.05, 3.63) is 29.1 Å². The number of fused-ring (bicyclic) bond motifs is 1. The lowest BCUT2D eigenvalue weighted by atomic mass is 9.98. The van der Waals surface area contributed by atoms with Crippen LogP contribution in [0.2, 0.25) is 0 Å². The minimum absolute atomic E-state index is 0.282. The first-order chi connectivity index (χ1) is 7.89. The van der Waals surface area contributed by atoms with E-state index in [0.717, 1.165) is 15.4 Å². The summed E-state index contributed by atoms with van der Waals surface area (Å²) in [6, 6.07) is 1.87. The third-order valence-electron chi connectivity index (χ3n) is 2.33. The number of carbonyl (C=O) groups is 1. The number of aromatic nitrogens is 2. The van der Waals surface area contributed by atoms with Crippen LogP contribution >= 0.6 is 15.9 Å². The van der Waals surface area contributed by atoms with Crippen LogP contribution in [0.3, 0.4) is 0 Å². The molecule has 5 heteroatoms. The molecular weight excluding hydrogens is 284 g/mol. The molecule has 2 aromatic heterocycles. The van der Waals surface area contributed by atoms with Gasteiger partial charge in [0.05, 0.1) is 11.6 Å². The van der Waals surface area contributed by atoms with Crippen molar-refractivity contribution in [1.29, 1.82) is 0 Å². The molecule has 0 spiro atoms. The minimum atomic E-state index is -0.532. The van der Waals surface area contributed by atoms with Crippen molar-refractivity contribution in [2.24, 2.45) is 5.41 Å². The lowest BCUT2D eigenvalue weighted by Gasteiger charge is -2.16. The SMILES string of the molecule is CC(C)(C)C(=O)On1ccc2c(Br)cncc21. The van der Waals surface area contributed by atoms with E-state index in [4.69, 9.17) is 4.84 Å². The molecule has 2 aromatic rings. The van der Waals surface area contributed by atoms with E-state index in [-0.39, 0.29) is 5.97 Å². The predicted molar refractivity (Wildman–Crippen MR) is 68.5 cm³/mol. The van der Waals surface area contributed by atoms with Crippen molar-refractivity contribution in [2.75, 3.05) is 0 Å². The molecule has 0 bridgehead atoms. The molecule has 0 unspecified atom stereocenters. The third kappa shape index (κ3) is 2.34. The zero-order valence-electron chi connectivity index (χ0n) is 9.90. The fourth-order valence-corrected chi connectivity index (χ4v) is 1.76. The van der Waals surface area contributed by atoms with Gasteiger partial charge in [0.2, 0.25) is 0 Å². The van der Waals surface area contributed by atoms with Crippen LogP contribution < -0.4 is 4.84 Å². The van der Waals surface area contributed by atoms with Crippen molar-refractivity contribution in [1.82, 2.24) is 9.71 Å². The molecule has 2 heterocycles. The molecule has 0 atom stereocenters. The van der Waals surface area contributed by atoms with Crippen LogP contribution in [0.25, 0.3) is 10.9 Å². The zero-order chi connectivity index (χ0) is 12.6. The highest BCUT2D eigenvalue weighted by Gasteiger charge is 2.24. The molecule has 0 aliphatic heterocycles. The van der Waals surface area contributed by atoms with Gasteiger partial charge in [-0.15, -0.1) is 0 Å². The average Bonchev–Trinajstić information content (AvgIpc) is 2.62. The Labute approximate surface area is 108 Å². The molecule has 0 saturated heterocycles. The number of pyridine rings is 1. The van der Waals surface area contributed by atoms with Crippen LogP contribution in [0.15, 0.2) is 29.1 Å². The standard InChI is InChI=1S/C12H13BrN2O2/c1-12(2,3)11(16)17-15-5-4-8-9(13)6-14-7-10(8)15/h4-7H,1-3H3. The van der Waals surface area contributed by atoms with Gasteiger partial charge in [0.15, 0.2) is 0 Å². The summed E-state index contributed by atoms with van der Waals surface area (Å²) in [5.74, 6) is -0.282. The van der Waals surface area contributed by atoms with Gasteiger partial charge in [0, 0.05) is 22.3 Å². The number of rotatable bonds is 1. The summed E-state index contributed by atoms with van der Waals surface area (Å²) in [4.78, 5) is 21.1. The van der Waals surface area contributed by atoms with Crippen LogP contribution in [0.1, 0.15) is 20.8 Å². The Bertz CT molecular complexity index is 569. The molecular formula is C12H13BrN2O2. The van der Waals surface area contributed by atoms with Gasteiger partial charge < -0.3 is 4.84 Å². The molecule has 0 aliphatic rings. The highest BCUT2D eigenvalue weighted by atomic mass is 79.9. The van der Waals surface area contributed by atoms with Gasteiger partial charge in [-0.05, 0) is 42.8 Å². The lowest BCUT2D eigenvalue weighted by molar-refractivity contribution is -0.152. The first-order valence-electron chi connectivity index (χ1n) is 5.23. The first-order valence-corrected chi connectivity index (χ1v) is 6.02. The van der Waals surface area contributed by atoms with E-state index in [1.54, 1.807) is 18.6 Å². The Kier molecular flexibility index (Phi) is 2.95. The highest BCUT2D eigenvalue weighted by molar-refractivity contribution is 9.10. The van der Waals surface area contributed by atoms with Crippen molar-refractivity contribution in [2.45, 2.75) is 20.8 Å². The van der Waals surface area contributed by atoms with Crippen LogP contribution in [-0.2, 0) is 4.79 Å². The fourth-order valence-electron chi connectivity index (χ4n) is 1.30. The normalized spacial score (nSPS) is 11.8. The molecule has 0 saturated carbocycles. The number of nitrogens with zero attached hydrogens (tertiary/aromatic N) is 2. The Morgan fingerprint density at radius 2 is 2.12 bits per heavy atom. The van der Waals surface area contributed by atoms with Crippen molar-refractivity contribution >= 4 is 32.8 Å². The van der Waals surface area contributed by atoms with Crippen LogP contribution in [0.4, 0.5) is 0 Å². The third-order valence-corrected chi connectivity index (χ3v) is 2.96. The molecule has 0 N–H and O–H groups in total. The fraction of sp³-hybridized carbons (Fsp3) is 0.333. The van der Waals surface area contributed by atoms with E-state index in [1.807, 2.05) is 26.8 Å². The summed E-state index contributed by atoms with van der Waals surface area (Å²) in [5.41, 5.74) is 0.229. The predicted octanol–water partition coefficient (Wildman–Crippen LogP) is 2.80. The van der Waals surface area contributed by atoms with E-state index < -0.39 is 5.41 Å². The Balaban J connectivity index is 2.38. The monoisotopic (exact) mass is 296 g/mol. The molecule has 90 valence electrons. The summed E-state index contributed by atoms with van der Waals surface area (Å²) in [5, 5.41) is 0.960. The number of halogens is 1. The number of hydrogen-bond acceptors (Lipinski definition) is 3. The molecule has 2 rings (SSSR count). The Morgan fingerprint density at radius 3 is 2.76 bits per heavy atom. The molecule has 0 aromatic carbocycles. The maximum absolute atomic E-state index is 11.8. The van der Waals surface area contributed by atoms with Crippen LogP contribution in [0.5, 0.6) is 0 Å². The summed E-state index contributed by atoms with van der Waals surface area (Å²) in [6.07, 6.45) is 5.08. The van der Waals surface area contributed by atoms with Crippen molar-refractivity contribution < 1.29 is 9.63 Å². The minimum Gasteiger partial charge on any atom is -0.336 e. The quantitative estimate of drug-likeness (QED) is 0.813. The number of hydrogen-bond donors (Lipinski definition) is 0. The van der Waals surface area contributed by atoms with Gasteiger partial charge in [-0.1, -0.05) is 0 Å². The maximum Gasteiger partial charge on any atom is 0.338 e. The molecule has 0 aliphatic carbocycles. The second-order valence-corrected chi connectivity index (χ2v) is 5.68. The molecule has 0 radical (unpaired) electrons. The molecule has 4 nitrogen and oxygen atoms in total. The summed E-state index contributed by atoms with van der Waals surface area (Å²) in [7, 11) is 0. The van der Waals surface area contributed by atoms with Gasteiger partial charge >= 0.3 is 5.97 Å². The van der Waals surface area contributed by atoms with Gasteiger partial charge in [-0.25, -0.2) is 4.79 Å². The number of carbonyl (C=O) groups excluding carboxylic acids is 1. The molecule has 0 fully saturated rings. The first kappa shape index (κ1) is 12.1. The highest BCUT2D eigenvalue weighted by Crippen LogP contribution is 2.23. The van der Waals surface area contributed by atoms with E-state index in [1.165, 1.54) is 4.73 Å². The van der Waals surface area contributed by atoms with E-state index in [9.17, 15) is 4.79 Å². The topological polar surface area (TPSA) is 44.1 Å². The Morgan fingerprint density at radius 1 is 1.41 bits per heavy atom. The molecule has 0 amide bonds. The summed E-state index contributed by atoms with van der Waals surface area (Å²) in [6.45, 7) is 5.44. The van der Waals surface area contributed by atoms with Gasteiger partial charge in [-0.3, -0.25) is 4.98 Å². The zero-order valence-corrected chi connectivity index (χ0v) is 11.5. The van der Waals surface area contributed by atoms with Gasteiger partial charge in [-0.2, -0.15) is 4.73 Å². The van der Waals surface area contributed by atoms with Gasteiger partial charge in [0.1, 0.15) is 5.52 Å². The average molecular weight is 297 g/mol. The maximum atomic E-state index is 11.8. The largest absolute Gasteiger partial charge is 0.338 e. The van der Waals surface area contributed by atoms with Crippen molar-refractivity contribution in [3.8, 4) is 0 Å². The van der Waals surface area contributed by atoms with E-state index >= 15 is 0 Å². The lowest BCUT2D eigenvalue weighted by Crippen LogP contribution is -2.30. The van der Waals surface area contributed by atoms with Crippen LogP contribution in [0, 0.1) is 5.41 Å². The smallest absolute Gasteiger partial charge is 0.336 e. The van der Waals surface area contributed by atoms with E-state index in [0.29, 0.717) is 0 Å². The molecule has 17 heavy (non-hydrogen) atoms.